The lowest BCUT2D eigenvalue weighted by atomic mass is 9.49. The van der Waals surface area contributed by atoms with Gasteiger partial charge < -0.3 is 9.64 Å². The largest absolute Gasteiger partial charge is 0.464 e. The highest BCUT2D eigenvalue weighted by molar-refractivity contribution is 7.09. The predicted molar refractivity (Wildman–Crippen MR) is 97.6 cm³/mol. The van der Waals surface area contributed by atoms with Gasteiger partial charge in [0.15, 0.2) is 5.69 Å². The molecule has 140 valence electrons. The predicted octanol–water partition coefficient (Wildman–Crippen LogP) is 3.64. The number of amides is 1. The third-order valence-corrected chi connectivity index (χ3v) is 7.83. The lowest BCUT2D eigenvalue weighted by Crippen LogP contribution is -2.54. The van der Waals surface area contributed by atoms with Crippen molar-refractivity contribution in [2.75, 3.05) is 7.11 Å². The summed E-state index contributed by atoms with van der Waals surface area (Å²) in [5.41, 5.74) is 0.255. The van der Waals surface area contributed by atoms with Crippen molar-refractivity contribution in [2.45, 2.75) is 64.0 Å². The zero-order chi connectivity index (χ0) is 17.9. The number of rotatable bonds is 5. The van der Waals surface area contributed by atoms with Crippen LogP contribution >= 0.6 is 11.3 Å². The molecule has 5 aliphatic carbocycles. The fourth-order valence-corrected chi connectivity index (χ4v) is 6.92. The molecule has 0 aliphatic heterocycles. The lowest BCUT2D eigenvalue weighted by molar-refractivity contribution is -0.159. The molecular formula is C20H26N2O3S. The van der Waals surface area contributed by atoms with Crippen molar-refractivity contribution in [3.63, 3.8) is 0 Å². The van der Waals surface area contributed by atoms with Crippen molar-refractivity contribution >= 4 is 23.2 Å². The van der Waals surface area contributed by atoms with Gasteiger partial charge in [0.1, 0.15) is 5.01 Å². The molecule has 6 rings (SSSR count). The molecule has 5 saturated carbocycles. The minimum atomic E-state index is -0.405. The Hall–Kier alpha value is -1.43. The number of carbonyl (C=O) groups is 2. The van der Waals surface area contributed by atoms with Crippen molar-refractivity contribution in [1.29, 1.82) is 0 Å². The van der Waals surface area contributed by atoms with Crippen LogP contribution in [0.1, 0.15) is 66.9 Å². The van der Waals surface area contributed by atoms with Gasteiger partial charge in [0, 0.05) is 11.4 Å². The smallest absolute Gasteiger partial charge is 0.357 e. The van der Waals surface area contributed by atoms with Crippen molar-refractivity contribution < 1.29 is 14.3 Å². The van der Waals surface area contributed by atoms with E-state index < -0.39 is 5.97 Å². The molecule has 0 spiro atoms. The Labute approximate surface area is 158 Å². The van der Waals surface area contributed by atoms with Gasteiger partial charge in [0.05, 0.1) is 19.1 Å². The Bertz CT molecular complexity index is 704. The topological polar surface area (TPSA) is 59.5 Å². The molecule has 0 radical (unpaired) electrons. The van der Waals surface area contributed by atoms with Gasteiger partial charge in [-0.3, -0.25) is 4.79 Å². The summed E-state index contributed by atoms with van der Waals surface area (Å²) in [6.07, 6.45) is 9.58. The van der Waals surface area contributed by atoms with Crippen LogP contribution in [0.15, 0.2) is 5.38 Å². The molecule has 6 heteroatoms. The first-order valence-corrected chi connectivity index (χ1v) is 10.8. The number of esters is 1. The third kappa shape index (κ3) is 2.77. The zero-order valence-electron chi connectivity index (χ0n) is 15.3. The maximum absolute atomic E-state index is 13.7. The third-order valence-electron chi connectivity index (χ3n) is 6.99. The summed E-state index contributed by atoms with van der Waals surface area (Å²) in [6.45, 7) is 0.549. The van der Waals surface area contributed by atoms with E-state index in [1.165, 1.54) is 37.7 Å². The molecule has 0 atom stereocenters. The van der Waals surface area contributed by atoms with Gasteiger partial charge in [-0.15, -0.1) is 11.3 Å². The Morgan fingerprint density at radius 1 is 1.19 bits per heavy atom. The Morgan fingerprint density at radius 2 is 1.81 bits per heavy atom. The number of carbonyl (C=O) groups excluding carboxylic acids is 2. The first kappa shape index (κ1) is 16.7. The number of hydrogen-bond donors (Lipinski definition) is 0. The molecule has 4 bridgehead atoms. The van der Waals surface area contributed by atoms with E-state index in [0.717, 1.165) is 54.9 Å². The van der Waals surface area contributed by atoms with Crippen LogP contribution in [-0.4, -0.2) is 34.9 Å². The summed E-state index contributed by atoms with van der Waals surface area (Å²) in [5, 5.41) is 2.58. The highest BCUT2D eigenvalue weighted by Crippen LogP contribution is 2.61. The van der Waals surface area contributed by atoms with E-state index in [-0.39, 0.29) is 5.41 Å². The fraction of sp³-hybridized carbons (Fsp3) is 0.750. The van der Waals surface area contributed by atoms with Crippen LogP contribution in [0.2, 0.25) is 0 Å². The van der Waals surface area contributed by atoms with Crippen LogP contribution in [0.5, 0.6) is 0 Å². The SMILES string of the molecule is COC(=O)c1csc(CN(C(=O)C23CC4CC(CC(C4)C2)C3)C2CC2)n1. The number of hydrogen-bond acceptors (Lipinski definition) is 5. The van der Waals surface area contributed by atoms with Crippen LogP contribution in [-0.2, 0) is 16.1 Å². The summed E-state index contributed by atoms with van der Waals surface area (Å²) < 4.78 is 4.75. The highest BCUT2D eigenvalue weighted by Gasteiger charge is 2.56. The van der Waals surface area contributed by atoms with Crippen molar-refractivity contribution in [3.05, 3.63) is 16.1 Å². The quantitative estimate of drug-likeness (QED) is 0.739. The average molecular weight is 375 g/mol. The summed E-state index contributed by atoms with van der Waals surface area (Å²) in [6, 6.07) is 0.376. The molecule has 0 unspecified atom stereocenters. The molecule has 5 aliphatic rings. The normalized spacial score (nSPS) is 34.7. The summed E-state index contributed by atoms with van der Waals surface area (Å²) in [5.74, 6) is 2.30. The molecule has 26 heavy (non-hydrogen) atoms. The molecular weight excluding hydrogens is 348 g/mol. The first-order chi connectivity index (χ1) is 12.6. The number of nitrogens with zero attached hydrogens (tertiary/aromatic N) is 2. The van der Waals surface area contributed by atoms with Crippen LogP contribution in [0.25, 0.3) is 0 Å². The summed E-state index contributed by atoms with van der Waals surface area (Å²) in [7, 11) is 1.37. The molecule has 1 aromatic rings. The highest BCUT2D eigenvalue weighted by atomic mass is 32.1. The lowest BCUT2D eigenvalue weighted by Gasteiger charge is -2.56. The average Bonchev–Trinajstić information content (AvgIpc) is 3.35. The van der Waals surface area contributed by atoms with E-state index in [2.05, 4.69) is 9.88 Å². The molecule has 0 aromatic carbocycles. The van der Waals surface area contributed by atoms with E-state index in [1.807, 2.05) is 0 Å². The van der Waals surface area contributed by atoms with Crippen molar-refractivity contribution in [3.8, 4) is 0 Å². The fourth-order valence-electron chi connectivity index (χ4n) is 6.16. The molecule has 0 N–H and O–H groups in total. The number of aromatic nitrogens is 1. The first-order valence-electron chi connectivity index (χ1n) is 9.90. The second-order valence-electron chi connectivity index (χ2n) is 8.98. The van der Waals surface area contributed by atoms with E-state index in [1.54, 1.807) is 5.38 Å². The van der Waals surface area contributed by atoms with E-state index in [4.69, 9.17) is 4.74 Å². The number of thiazole rings is 1. The monoisotopic (exact) mass is 374 g/mol. The van der Waals surface area contributed by atoms with Gasteiger partial charge >= 0.3 is 5.97 Å². The molecule has 5 nitrogen and oxygen atoms in total. The van der Waals surface area contributed by atoms with Gasteiger partial charge in [0.25, 0.3) is 0 Å². The van der Waals surface area contributed by atoms with Crippen molar-refractivity contribution in [1.82, 2.24) is 9.88 Å². The zero-order valence-corrected chi connectivity index (χ0v) is 16.1. The second-order valence-corrected chi connectivity index (χ2v) is 9.92. The molecule has 1 amide bonds. The van der Waals surface area contributed by atoms with Crippen LogP contribution in [0.4, 0.5) is 0 Å². The van der Waals surface area contributed by atoms with Gasteiger partial charge in [-0.25, -0.2) is 9.78 Å². The minimum absolute atomic E-state index is 0.0974. The Morgan fingerprint density at radius 3 is 2.35 bits per heavy atom. The molecule has 0 saturated heterocycles. The van der Waals surface area contributed by atoms with Gasteiger partial charge in [-0.2, -0.15) is 0 Å². The standard InChI is InChI=1S/C20H26N2O3S/c1-25-18(23)16-11-26-17(21-16)10-22(15-2-3-15)19(24)20-7-12-4-13(8-20)6-14(5-12)9-20/h11-15H,2-10H2,1H3. The maximum atomic E-state index is 13.7. The van der Waals surface area contributed by atoms with Crippen molar-refractivity contribution in [2.24, 2.45) is 23.2 Å². The Balaban J connectivity index is 1.37. The minimum Gasteiger partial charge on any atom is -0.464 e. The number of methoxy groups -OCH3 is 1. The van der Waals surface area contributed by atoms with Crippen LogP contribution in [0.3, 0.4) is 0 Å². The van der Waals surface area contributed by atoms with Crippen LogP contribution in [0, 0.1) is 23.2 Å². The van der Waals surface area contributed by atoms with E-state index >= 15 is 0 Å². The second kappa shape index (κ2) is 6.04. The Kier molecular flexibility index (Phi) is 3.89. The van der Waals surface area contributed by atoms with Gasteiger partial charge in [0.2, 0.25) is 5.91 Å². The molecule has 1 aromatic heterocycles. The van der Waals surface area contributed by atoms with Gasteiger partial charge in [-0.05, 0) is 69.1 Å². The van der Waals surface area contributed by atoms with E-state index in [0.29, 0.717) is 24.2 Å². The molecule has 5 fully saturated rings. The summed E-state index contributed by atoms with van der Waals surface area (Å²) >= 11 is 1.46. The van der Waals surface area contributed by atoms with Gasteiger partial charge in [-0.1, -0.05) is 0 Å². The van der Waals surface area contributed by atoms with Crippen LogP contribution < -0.4 is 0 Å². The van der Waals surface area contributed by atoms with E-state index in [9.17, 15) is 9.59 Å². The summed E-state index contributed by atoms with van der Waals surface area (Å²) in [4.78, 5) is 31.9. The maximum Gasteiger partial charge on any atom is 0.357 e. The number of ether oxygens (including phenoxy) is 1. The molecule has 1 heterocycles.